The molecule has 3 aromatic heterocycles. The topological polar surface area (TPSA) is 143 Å². The van der Waals surface area contributed by atoms with Crippen molar-refractivity contribution in [2.24, 2.45) is 0 Å². The fourth-order valence-corrected chi connectivity index (χ4v) is 4.87. The first-order valence-electron chi connectivity index (χ1n) is 12.0. The lowest BCUT2D eigenvalue weighted by Gasteiger charge is -2.25. The van der Waals surface area contributed by atoms with Crippen molar-refractivity contribution in [3.05, 3.63) is 47.8 Å². The number of hydrogen-bond acceptors (Lipinski definition) is 10. The van der Waals surface area contributed by atoms with Gasteiger partial charge >= 0.3 is 0 Å². The summed E-state index contributed by atoms with van der Waals surface area (Å²) in [4.78, 5) is 12.9. The van der Waals surface area contributed by atoms with Gasteiger partial charge in [-0.05, 0) is 44.4 Å². The molecule has 2 atom stereocenters. The molecule has 0 bridgehead atoms. The fraction of sp³-hybridized carbons (Fsp3) is 0.542. The van der Waals surface area contributed by atoms with E-state index in [9.17, 15) is 8.42 Å². The van der Waals surface area contributed by atoms with Crippen molar-refractivity contribution in [1.82, 2.24) is 29.7 Å². The SMILES string of the molecule is CCCO[C@@H](c1ncc(C)cn1)[C@H](C)S(=O)(=O)Nc1nnc(-c2cncc(C)c2)n1C(COC)COC. The molecule has 3 rings (SSSR count). The zero-order chi connectivity index (χ0) is 27.0. The minimum Gasteiger partial charge on any atom is -0.382 e. The second-order valence-corrected chi connectivity index (χ2v) is 10.8. The van der Waals surface area contributed by atoms with Crippen LogP contribution >= 0.6 is 0 Å². The molecule has 3 heterocycles. The van der Waals surface area contributed by atoms with Gasteiger partial charge < -0.3 is 14.2 Å². The molecule has 1 N–H and O–H groups in total. The van der Waals surface area contributed by atoms with Gasteiger partial charge in [-0.1, -0.05) is 6.92 Å². The first-order chi connectivity index (χ1) is 17.7. The van der Waals surface area contributed by atoms with Gasteiger partial charge in [0.2, 0.25) is 16.0 Å². The average Bonchev–Trinajstić information content (AvgIpc) is 3.27. The lowest BCUT2D eigenvalue weighted by Crippen LogP contribution is -2.35. The third-order valence-corrected chi connectivity index (χ3v) is 7.31. The van der Waals surface area contributed by atoms with E-state index in [1.54, 1.807) is 50.5 Å². The van der Waals surface area contributed by atoms with Gasteiger partial charge in [0, 0.05) is 51.2 Å². The Labute approximate surface area is 217 Å². The summed E-state index contributed by atoms with van der Waals surface area (Å²) in [7, 11) is -0.921. The normalized spacial score (nSPS) is 13.6. The van der Waals surface area contributed by atoms with Crippen LogP contribution in [0.3, 0.4) is 0 Å². The molecule has 202 valence electrons. The maximum atomic E-state index is 13.6. The molecule has 0 aromatic carbocycles. The second-order valence-electron chi connectivity index (χ2n) is 8.79. The van der Waals surface area contributed by atoms with Crippen molar-refractivity contribution in [3.63, 3.8) is 0 Å². The van der Waals surface area contributed by atoms with Crippen molar-refractivity contribution < 1.29 is 22.6 Å². The molecule has 13 heteroatoms. The van der Waals surface area contributed by atoms with Crippen molar-refractivity contribution in [3.8, 4) is 11.4 Å². The summed E-state index contributed by atoms with van der Waals surface area (Å²) < 4.78 is 48.2. The molecule has 12 nitrogen and oxygen atoms in total. The molecule has 0 unspecified atom stereocenters. The highest BCUT2D eigenvalue weighted by molar-refractivity contribution is 7.93. The number of ether oxygens (including phenoxy) is 3. The van der Waals surface area contributed by atoms with E-state index in [-0.39, 0.29) is 19.2 Å². The molecule has 0 aliphatic carbocycles. The van der Waals surface area contributed by atoms with Crippen LogP contribution in [0.5, 0.6) is 0 Å². The van der Waals surface area contributed by atoms with E-state index in [2.05, 4.69) is 29.9 Å². The summed E-state index contributed by atoms with van der Waals surface area (Å²) in [6.07, 6.45) is 6.46. The quantitative estimate of drug-likeness (QED) is 0.328. The highest BCUT2D eigenvalue weighted by Crippen LogP contribution is 2.29. The second kappa shape index (κ2) is 13.0. The van der Waals surface area contributed by atoms with Crippen molar-refractivity contribution in [2.75, 3.05) is 38.8 Å². The Bertz CT molecular complexity index is 1240. The van der Waals surface area contributed by atoms with Gasteiger partial charge in [-0.15, -0.1) is 10.2 Å². The van der Waals surface area contributed by atoms with Gasteiger partial charge in [0.1, 0.15) is 11.4 Å². The van der Waals surface area contributed by atoms with E-state index in [1.807, 2.05) is 26.8 Å². The Morgan fingerprint density at radius 3 is 2.27 bits per heavy atom. The maximum absolute atomic E-state index is 13.6. The van der Waals surface area contributed by atoms with Crippen LogP contribution < -0.4 is 4.72 Å². The summed E-state index contributed by atoms with van der Waals surface area (Å²) in [5.41, 5.74) is 2.47. The molecule has 3 aromatic rings. The van der Waals surface area contributed by atoms with Gasteiger partial charge in [0.05, 0.1) is 19.3 Å². The van der Waals surface area contributed by atoms with E-state index >= 15 is 0 Å². The zero-order valence-electron chi connectivity index (χ0n) is 22.1. The van der Waals surface area contributed by atoms with Gasteiger partial charge in [-0.3, -0.25) is 14.3 Å². The number of nitrogens with zero attached hydrogens (tertiary/aromatic N) is 6. The summed E-state index contributed by atoms with van der Waals surface area (Å²) in [6.45, 7) is 8.10. The monoisotopic (exact) mass is 533 g/mol. The first kappa shape index (κ1) is 28.6. The van der Waals surface area contributed by atoms with E-state index in [4.69, 9.17) is 14.2 Å². The molecule has 0 spiro atoms. The number of anilines is 1. The fourth-order valence-electron chi connectivity index (χ4n) is 3.76. The predicted molar refractivity (Wildman–Crippen MR) is 139 cm³/mol. The number of nitrogens with one attached hydrogen (secondary N) is 1. The lowest BCUT2D eigenvalue weighted by atomic mass is 10.2. The summed E-state index contributed by atoms with van der Waals surface area (Å²) in [5, 5.41) is 7.45. The van der Waals surface area contributed by atoms with Crippen LogP contribution in [-0.4, -0.2) is 77.4 Å². The molecule has 37 heavy (non-hydrogen) atoms. The standard InChI is InChI=1S/C24H35N7O5S/c1-7-8-36-21(22-26-11-17(3)12-27-22)18(4)37(32,33)30-24-29-28-23(19-9-16(2)10-25-13-19)31(24)20(14-34-5)15-35-6/h9-13,18,20-21H,7-8,14-15H2,1-6H3,(H,29,30)/t18-,21+/m0/s1. The largest absolute Gasteiger partial charge is 0.382 e. The molecule has 0 aliphatic rings. The summed E-state index contributed by atoms with van der Waals surface area (Å²) in [6, 6.07) is 1.48. The number of rotatable bonds is 14. The molecule has 0 aliphatic heterocycles. The Morgan fingerprint density at radius 1 is 1.00 bits per heavy atom. The molecule has 0 fully saturated rings. The maximum Gasteiger partial charge on any atom is 0.240 e. The number of methoxy groups -OCH3 is 2. The third kappa shape index (κ3) is 7.06. The first-order valence-corrected chi connectivity index (χ1v) is 13.5. The van der Waals surface area contributed by atoms with Crippen LogP contribution in [0.15, 0.2) is 30.9 Å². The average molecular weight is 534 g/mol. The highest BCUT2D eigenvalue weighted by Gasteiger charge is 2.35. The smallest absolute Gasteiger partial charge is 0.240 e. The van der Waals surface area contributed by atoms with Gasteiger partial charge in [-0.25, -0.2) is 18.4 Å². The molecule has 0 amide bonds. The Hall–Kier alpha value is -3.00. The van der Waals surface area contributed by atoms with Crippen molar-refractivity contribution in [2.45, 2.75) is 51.5 Å². The Balaban J connectivity index is 2.02. The number of aryl methyl sites for hydroxylation is 2. The minimum atomic E-state index is -4.04. The van der Waals surface area contributed by atoms with Crippen LogP contribution in [0.1, 0.15) is 49.4 Å². The van der Waals surface area contributed by atoms with Crippen LogP contribution in [0.4, 0.5) is 5.95 Å². The third-order valence-electron chi connectivity index (χ3n) is 5.62. The molecule has 0 saturated carbocycles. The molecular formula is C24H35N7O5S. The van der Waals surface area contributed by atoms with E-state index in [0.717, 1.165) is 11.1 Å². The van der Waals surface area contributed by atoms with E-state index in [1.165, 1.54) is 0 Å². The minimum absolute atomic E-state index is 0.0292. The van der Waals surface area contributed by atoms with E-state index in [0.29, 0.717) is 30.2 Å². The zero-order valence-corrected chi connectivity index (χ0v) is 22.9. The highest BCUT2D eigenvalue weighted by atomic mass is 32.2. The number of hydrogen-bond donors (Lipinski definition) is 1. The summed E-state index contributed by atoms with van der Waals surface area (Å²) in [5.74, 6) is 0.754. The Kier molecular flexibility index (Phi) is 10.0. The van der Waals surface area contributed by atoms with Crippen LogP contribution in [0.25, 0.3) is 11.4 Å². The van der Waals surface area contributed by atoms with Crippen LogP contribution in [0.2, 0.25) is 0 Å². The van der Waals surface area contributed by atoms with Crippen molar-refractivity contribution in [1.29, 1.82) is 0 Å². The summed E-state index contributed by atoms with van der Waals surface area (Å²) >= 11 is 0. The Morgan fingerprint density at radius 2 is 1.68 bits per heavy atom. The molecular weight excluding hydrogens is 498 g/mol. The molecule has 0 saturated heterocycles. The van der Waals surface area contributed by atoms with Gasteiger partial charge in [0.25, 0.3) is 0 Å². The van der Waals surface area contributed by atoms with Gasteiger partial charge in [-0.2, -0.15) is 0 Å². The lowest BCUT2D eigenvalue weighted by molar-refractivity contribution is 0.0466. The van der Waals surface area contributed by atoms with E-state index < -0.39 is 27.4 Å². The van der Waals surface area contributed by atoms with Crippen LogP contribution in [-0.2, 0) is 24.2 Å². The van der Waals surface area contributed by atoms with Crippen LogP contribution in [0, 0.1) is 13.8 Å². The van der Waals surface area contributed by atoms with Crippen molar-refractivity contribution >= 4 is 16.0 Å². The number of aromatic nitrogens is 6. The molecule has 0 radical (unpaired) electrons. The number of sulfonamides is 1. The van der Waals surface area contributed by atoms with Gasteiger partial charge in [0.15, 0.2) is 11.6 Å². The number of pyridine rings is 1. The predicted octanol–water partition coefficient (Wildman–Crippen LogP) is 2.88.